The molecule has 0 saturated heterocycles. The average molecular weight is 296 g/mol. The van der Waals surface area contributed by atoms with E-state index in [0.29, 0.717) is 11.4 Å². The van der Waals surface area contributed by atoms with Crippen LogP contribution in [0.5, 0.6) is 5.75 Å². The van der Waals surface area contributed by atoms with Crippen LogP contribution in [0.25, 0.3) is 0 Å². The number of halogens is 1. The number of amides is 1. The first-order chi connectivity index (χ1) is 8.08. The minimum atomic E-state index is -0.336. The molecule has 0 aliphatic rings. The van der Waals surface area contributed by atoms with Crippen molar-refractivity contribution in [1.82, 2.24) is 10.2 Å². The van der Waals surface area contributed by atoms with Gasteiger partial charge in [0.25, 0.3) is 5.91 Å². The molecule has 1 aromatic heterocycles. The van der Waals surface area contributed by atoms with Gasteiger partial charge >= 0.3 is 0 Å². The van der Waals surface area contributed by atoms with Gasteiger partial charge in [-0.25, -0.2) is 0 Å². The third-order valence-corrected chi connectivity index (χ3v) is 2.76. The highest BCUT2D eigenvalue weighted by molar-refractivity contribution is 9.10. The molecule has 2 aromatic rings. The Morgan fingerprint density at radius 3 is 2.88 bits per heavy atom. The first kappa shape index (κ1) is 11.7. The molecule has 0 bridgehead atoms. The highest BCUT2D eigenvalue weighted by Gasteiger charge is 2.12. The average Bonchev–Trinajstić information content (AvgIpc) is 2.68. The molecule has 0 spiro atoms. The minimum Gasteiger partial charge on any atom is -0.506 e. The number of rotatable bonds is 2. The first-order valence-electron chi connectivity index (χ1n) is 4.88. The highest BCUT2D eigenvalue weighted by Crippen LogP contribution is 2.27. The Morgan fingerprint density at radius 1 is 1.53 bits per heavy atom. The van der Waals surface area contributed by atoms with Gasteiger partial charge in [-0.3, -0.25) is 9.89 Å². The molecule has 0 radical (unpaired) electrons. The Kier molecular flexibility index (Phi) is 3.14. The topological polar surface area (TPSA) is 78.0 Å². The van der Waals surface area contributed by atoms with E-state index in [2.05, 4.69) is 31.4 Å². The molecule has 0 aliphatic heterocycles. The van der Waals surface area contributed by atoms with Gasteiger partial charge in [0.2, 0.25) is 0 Å². The molecule has 1 aromatic carbocycles. The normalized spacial score (nSPS) is 10.2. The SMILES string of the molecule is Cc1cn[nH]c1C(=O)Nc1ccc(Br)cc1O. The van der Waals surface area contributed by atoms with E-state index >= 15 is 0 Å². The molecule has 0 fully saturated rings. The number of nitrogens with zero attached hydrogens (tertiary/aromatic N) is 1. The van der Waals surface area contributed by atoms with Crippen molar-refractivity contribution in [3.05, 3.63) is 40.1 Å². The number of carbonyl (C=O) groups excluding carboxylic acids is 1. The van der Waals surface area contributed by atoms with Crippen molar-refractivity contribution in [3.8, 4) is 5.75 Å². The fraction of sp³-hybridized carbons (Fsp3) is 0.0909. The lowest BCUT2D eigenvalue weighted by molar-refractivity contribution is 0.102. The van der Waals surface area contributed by atoms with Crippen molar-refractivity contribution in [2.45, 2.75) is 6.92 Å². The highest BCUT2D eigenvalue weighted by atomic mass is 79.9. The van der Waals surface area contributed by atoms with Crippen molar-refractivity contribution < 1.29 is 9.90 Å². The molecule has 0 aliphatic carbocycles. The second kappa shape index (κ2) is 4.58. The van der Waals surface area contributed by atoms with Crippen LogP contribution in [-0.2, 0) is 0 Å². The number of phenolic OH excluding ortho intramolecular Hbond substituents is 1. The fourth-order valence-electron chi connectivity index (χ4n) is 1.37. The molecule has 88 valence electrons. The van der Waals surface area contributed by atoms with Crippen LogP contribution in [0, 0.1) is 6.92 Å². The summed E-state index contributed by atoms with van der Waals surface area (Å²) in [5, 5.41) is 18.6. The van der Waals surface area contributed by atoms with Crippen molar-refractivity contribution in [2.75, 3.05) is 5.32 Å². The number of carbonyl (C=O) groups is 1. The molecule has 17 heavy (non-hydrogen) atoms. The lowest BCUT2D eigenvalue weighted by Crippen LogP contribution is -2.13. The molecule has 0 unspecified atom stereocenters. The van der Waals surface area contributed by atoms with E-state index in [1.807, 2.05) is 0 Å². The molecule has 2 rings (SSSR count). The van der Waals surface area contributed by atoms with Gasteiger partial charge in [0.15, 0.2) is 0 Å². The Hall–Kier alpha value is -1.82. The van der Waals surface area contributed by atoms with E-state index in [1.165, 1.54) is 6.07 Å². The van der Waals surface area contributed by atoms with Crippen molar-refractivity contribution in [1.29, 1.82) is 0 Å². The number of hydrogen-bond donors (Lipinski definition) is 3. The number of aromatic nitrogens is 2. The molecule has 0 saturated carbocycles. The largest absolute Gasteiger partial charge is 0.506 e. The monoisotopic (exact) mass is 295 g/mol. The van der Waals surface area contributed by atoms with Crippen LogP contribution in [0.3, 0.4) is 0 Å². The van der Waals surface area contributed by atoms with Gasteiger partial charge in [0.1, 0.15) is 11.4 Å². The summed E-state index contributed by atoms with van der Waals surface area (Å²) in [6.45, 7) is 1.78. The molecule has 5 nitrogen and oxygen atoms in total. The van der Waals surface area contributed by atoms with Crippen molar-refractivity contribution in [2.24, 2.45) is 0 Å². The number of nitrogens with one attached hydrogen (secondary N) is 2. The maximum atomic E-state index is 11.8. The number of hydrogen-bond acceptors (Lipinski definition) is 3. The number of aromatic amines is 1. The summed E-state index contributed by atoms with van der Waals surface area (Å²) in [4.78, 5) is 11.8. The van der Waals surface area contributed by atoms with Gasteiger partial charge in [0.05, 0.1) is 11.9 Å². The summed E-state index contributed by atoms with van der Waals surface area (Å²) >= 11 is 3.22. The van der Waals surface area contributed by atoms with Crippen LogP contribution in [-0.4, -0.2) is 21.2 Å². The molecule has 0 atom stereocenters. The third-order valence-electron chi connectivity index (χ3n) is 2.26. The standard InChI is InChI=1S/C11H10BrN3O2/c1-6-5-13-15-10(6)11(17)14-8-3-2-7(12)4-9(8)16/h2-5,16H,1H3,(H,13,15)(H,14,17). The van der Waals surface area contributed by atoms with Crippen LogP contribution in [0.15, 0.2) is 28.9 Å². The third kappa shape index (κ3) is 2.47. The Balaban J connectivity index is 2.22. The predicted molar refractivity (Wildman–Crippen MR) is 67.1 cm³/mol. The second-order valence-corrected chi connectivity index (χ2v) is 4.46. The summed E-state index contributed by atoms with van der Waals surface area (Å²) < 4.78 is 0.741. The van der Waals surface area contributed by atoms with E-state index in [1.54, 1.807) is 25.3 Å². The van der Waals surface area contributed by atoms with E-state index in [0.717, 1.165) is 10.0 Å². The van der Waals surface area contributed by atoms with Gasteiger partial charge in [-0.05, 0) is 30.7 Å². The van der Waals surface area contributed by atoms with Crippen molar-refractivity contribution >= 4 is 27.5 Å². The zero-order chi connectivity index (χ0) is 12.4. The maximum Gasteiger partial charge on any atom is 0.274 e. The van der Waals surface area contributed by atoms with Crippen LogP contribution in [0.1, 0.15) is 16.1 Å². The van der Waals surface area contributed by atoms with Crippen molar-refractivity contribution in [3.63, 3.8) is 0 Å². The van der Waals surface area contributed by atoms with Gasteiger partial charge < -0.3 is 10.4 Å². The first-order valence-corrected chi connectivity index (χ1v) is 5.67. The summed E-state index contributed by atoms with van der Waals surface area (Å²) in [5.74, 6) is -0.331. The van der Waals surface area contributed by atoms with Gasteiger partial charge in [0, 0.05) is 4.47 Å². The number of benzene rings is 1. The number of phenols is 1. The fourth-order valence-corrected chi connectivity index (χ4v) is 1.72. The van der Waals surface area contributed by atoms with Gasteiger partial charge in [-0.15, -0.1) is 0 Å². The molecule has 1 amide bonds. The molecular formula is C11H10BrN3O2. The zero-order valence-electron chi connectivity index (χ0n) is 8.99. The smallest absolute Gasteiger partial charge is 0.274 e. The van der Waals surface area contributed by atoms with E-state index in [9.17, 15) is 9.90 Å². The van der Waals surface area contributed by atoms with E-state index < -0.39 is 0 Å². The number of aryl methyl sites for hydroxylation is 1. The predicted octanol–water partition coefficient (Wildman–Crippen LogP) is 2.44. The summed E-state index contributed by atoms with van der Waals surface area (Å²) in [6, 6.07) is 4.85. The van der Waals surface area contributed by atoms with E-state index in [-0.39, 0.29) is 11.7 Å². The quantitative estimate of drug-likeness (QED) is 0.745. The Morgan fingerprint density at radius 2 is 2.29 bits per heavy atom. The summed E-state index contributed by atoms with van der Waals surface area (Å²) in [5.41, 5.74) is 1.48. The minimum absolute atomic E-state index is 0.00453. The molecular weight excluding hydrogens is 286 g/mol. The van der Waals surface area contributed by atoms with Crippen LogP contribution in [0.4, 0.5) is 5.69 Å². The molecule has 3 N–H and O–H groups in total. The number of aromatic hydroxyl groups is 1. The van der Waals surface area contributed by atoms with E-state index in [4.69, 9.17) is 0 Å². The molecule has 6 heteroatoms. The zero-order valence-corrected chi connectivity index (χ0v) is 10.6. The number of H-pyrrole nitrogens is 1. The summed E-state index contributed by atoms with van der Waals surface area (Å²) in [7, 11) is 0. The lowest BCUT2D eigenvalue weighted by Gasteiger charge is -2.06. The van der Waals surface area contributed by atoms with Gasteiger partial charge in [-0.1, -0.05) is 15.9 Å². The molecule has 1 heterocycles. The Bertz CT molecular complexity index is 566. The van der Waals surface area contributed by atoms with Crippen LogP contribution >= 0.6 is 15.9 Å². The maximum absolute atomic E-state index is 11.8. The van der Waals surface area contributed by atoms with Gasteiger partial charge in [-0.2, -0.15) is 5.10 Å². The second-order valence-electron chi connectivity index (χ2n) is 3.54. The van der Waals surface area contributed by atoms with Crippen LogP contribution < -0.4 is 5.32 Å². The Labute approximate surface area is 106 Å². The number of anilines is 1. The lowest BCUT2D eigenvalue weighted by atomic mass is 10.2. The van der Waals surface area contributed by atoms with Crippen LogP contribution in [0.2, 0.25) is 0 Å². The summed E-state index contributed by atoms with van der Waals surface area (Å²) in [6.07, 6.45) is 1.57.